The van der Waals surface area contributed by atoms with E-state index in [4.69, 9.17) is 24.1 Å². The van der Waals surface area contributed by atoms with Crippen LogP contribution in [0, 0.1) is 11.8 Å². The Balaban J connectivity index is 2.00. The molecule has 0 aromatic rings. The normalized spacial score (nSPS) is 15.0. The standard InChI is InChI=1S/C53H93BrN6O16/c54-37-47(63)55-28-18-17-19-43(52(69)70)59-49(65)40-76-36-34-74-32-30-57-48(64)39-75-35-33-73-31-29-56-46(62)27-26-44(53(71)72)60-51(68)42-24-22-41(23-25-42)38-58-45(61)20-15-13-11-9-7-5-3-1-2-4-6-8-10-12-14-16-21-50(66)67/h41-44H,1-40H2,(H,55,63)(H,56,62)(H,57,64)(H,58,61)(H,59,65)(H,60,68)(H,66,67)(H,69,70)(H,71,72)/t41?,42?,43-,44-/m0/s1. The van der Waals surface area contributed by atoms with Gasteiger partial charge in [0.05, 0.1) is 45.0 Å². The second-order valence-corrected chi connectivity index (χ2v) is 20.0. The molecule has 9 N–H and O–H groups in total. The Morgan fingerprint density at radius 2 is 0.868 bits per heavy atom. The summed E-state index contributed by atoms with van der Waals surface area (Å²) in [5.74, 6) is -4.90. The van der Waals surface area contributed by atoms with Crippen LogP contribution in [0.4, 0.5) is 0 Å². The fourth-order valence-corrected chi connectivity index (χ4v) is 8.71. The van der Waals surface area contributed by atoms with Crippen molar-refractivity contribution < 1.29 is 77.4 Å². The molecule has 0 aliphatic heterocycles. The third-order valence-electron chi connectivity index (χ3n) is 13.0. The molecule has 23 heteroatoms. The lowest BCUT2D eigenvalue weighted by molar-refractivity contribution is -0.143. The van der Waals surface area contributed by atoms with Gasteiger partial charge < -0.3 is 66.2 Å². The van der Waals surface area contributed by atoms with E-state index in [1.807, 2.05) is 0 Å². The van der Waals surface area contributed by atoms with E-state index in [1.54, 1.807) is 0 Å². The van der Waals surface area contributed by atoms with Gasteiger partial charge >= 0.3 is 17.9 Å². The summed E-state index contributed by atoms with van der Waals surface area (Å²) in [5, 5.41) is 44.0. The Bertz CT molecular complexity index is 1640. The molecule has 0 bridgehead atoms. The van der Waals surface area contributed by atoms with Gasteiger partial charge in [0.15, 0.2) is 0 Å². The number of carboxylic acid groups (broad SMARTS) is 3. The summed E-state index contributed by atoms with van der Waals surface area (Å²) in [6, 6.07) is -2.27. The molecule has 0 saturated heterocycles. The maximum Gasteiger partial charge on any atom is 0.326 e. The lowest BCUT2D eigenvalue weighted by Crippen LogP contribution is -2.45. The quantitative estimate of drug-likeness (QED) is 0.0288. The van der Waals surface area contributed by atoms with Crippen molar-refractivity contribution in [3.05, 3.63) is 0 Å². The van der Waals surface area contributed by atoms with E-state index >= 15 is 0 Å². The summed E-state index contributed by atoms with van der Waals surface area (Å²) in [6.45, 7) is 1.65. The predicted molar refractivity (Wildman–Crippen MR) is 288 cm³/mol. The molecule has 76 heavy (non-hydrogen) atoms. The summed E-state index contributed by atoms with van der Waals surface area (Å²) in [6.07, 6.45) is 23.2. The zero-order valence-corrected chi connectivity index (χ0v) is 46.7. The van der Waals surface area contributed by atoms with E-state index in [0.29, 0.717) is 45.2 Å². The van der Waals surface area contributed by atoms with Crippen molar-refractivity contribution in [3.8, 4) is 0 Å². The molecule has 6 amide bonds. The molecule has 2 atom stereocenters. The maximum atomic E-state index is 13.0. The Kier molecular flexibility index (Phi) is 43.7. The van der Waals surface area contributed by atoms with E-state index < -0.39 is 35.9 Å². The van der Waals surface area contributed by atoms with E-state index in [2.05, 4.69) is 47.8 Å². The first-order valence-electron chi connectivity index (χ1n) is 27.9. The third kappa shape index (κ3) is 41.7. The number of aliphatic carboxylic acids is 3. The zero-order chi connectivity index (χ0) is 55.9. The number of rotatable bonds is 51. The first kappa shape index (κ1) is 69.6. The highest BCUT2D eigenvalue weighted by atomic mass is 79.9. The van der Waals surface area contributed by atoms with Crippen LogP contribution in [0.25, 0.3) is 0 Å². The van der Waals surface area contributed by atoms with Crippen LogP contribution in [0.1, 0.15) is 173 Å². The minimum atomic E-state index is -1.21. The minimum absolute atomic E-state index is 0.0608. The number of carboxylic acids is 3. The monoisotopic (exact) mass is 1150 g/mol. The maximum absolute atomic E-state index is 13.0. The highest BCUT2D eigenvalue weighted by Crippen LogP contribution is 2.29. The number of halogens is 1. The van der Waals surface area contributed by atoms with Crippen molar-refractivity contribution in [1.82, 2.24) is 31.9 Å². The van der Waals surface area contributed by atoms with Gasteiger partial charge in [-0.25, -0.2) is 9.59 Å². The molecule has 22 nitrogen and oxygen atoms in total. The van der Waals surface area contributed by atoms with Gasteiger partial charge in [-0.15, -0.1) is 0 Å². The lowest BCUT2D eigenvalue weighted by atomic mass is 9.81. The first-order valence-corrected chi connectivity index (χ1v) is 29.0. The van der Waals surface area contributed by atoms with Crippen LogP contribution >= 0.6 is 15.9 Å². The molecule has 438 valence electrons. The smallest absolute Gasteiger partial charge is 0.326 e. The molecule has 0 aromatic heterocycles. The summed E-state index contributed by atoms with van der Waals surface area (Å²) in [7, 11) is 0. The second kappa shape index (κ2) is 47.7. The van der Waals surface area contributed by atoms with Crippen LogP contribution in [0.15, 0.2) is 0 Å². The van der Waals surface area contributed by atoms with Gasteiger partial charge in [-0.1, -0.05) is 106 Å². The molecule has 1 rings (SSSR count). The lowest BCUT2D eigenvalue weighted by Gasteiger charge is -2.28. The fraction of sp³-hybridized carbons (Fsp3) is 0.830. The van der Waals surface area contributed by atoms with Crippen LogP contribution in [0.2, 0.25) is 0 Å². The second-order valence-electron chi connectivity index (χ2n) is 19.5. The molecule has 1 saturated carbocycles. The number of carbonyl (C=O) groups excluding carboxylic acids is 6. The van der Waals surface area contributed by atoms with Crippen LogP contribution < -0.4 is 31.9 Å². The average molecular weight is 1150 g/mol. The highest BCUT2D eigenvalue weighted by molar-refractivity contribution is 9.09. The van der Waals surface area contributed by atoms with Gasteiger partial charge in [0.1, 0.15) is 25.3 Å². The van der Waals surface area contributed by atoms with Crippen LogP contribution in [-0.2, 0) is 62.1 Å². The largest absolute Gasteiger partial charge is 0.481 e. The van der Waals surface area contributed by atoms with Gasteiger partial charge in [-0.05, 0) is 70.1 Å². The van der Waals surface area contributed by atoms with Gasteiger partial charge in [-0.2, -0.15) is 0 Å². The number of amides is 6. The number of unbranched alkanes of at least 4 members (excludes halogenated alkanes) is 16. The molecular formula is C53H93BrN6O16. The Hall–Kier alpha value is -4.45. The number of alkyl halides is 1. The summed E-state index contributed by atoms with van der Waals surface area (Å²) >= 11 is 3.04. The zero-order valence-electron chi connectivity index (χ0n) is 45.1. The number of ether oxygens (including phenoxy) is 4. The van der Waals surface area contributed by atoms with Crippen molar-refractivity contribution in [2.75, 3.05) is 84.4 Å². The first-order chi connectivity index (χ1) is 36.7. The molecule has 1 fully saturated rings. The van der Waals surface area contributed by atoms with E-state index in [-0.39, 0.29) is 138 Å². The van der Waals surface area contributed by atoms with Gasteiger partial charge in [0.2, 0.25) is 35.4 Å². The van der Waals surface area contributed by atoms with Crippen molar-refractivity contribution in [2.45, 2.75) is 185 Å². The van der Waals surface area contributed by atoms with Gasteiger partial charge in [0, 0.05) is 51.4 Å². The number of nitrogens with one attached hydrogen (secondary N) is 6. The Morgan fingerprint density at radius 1 is 0.421 bits per heavy atom. The molecule has 0 unspecified atom stereocenters. The van der Waals surface area contributed by atoms with Crippen molar-refractivity contribution >= 4 is 69.3 Å². The SMILES string of the molecule is O=C(O)CCCCCCCCCCCCCCCCCCC(=O)NCC1CCC(C(=O)N[C@@H](CCC(=O)NCCOCCOCC(=O)NCCOCCOCC(=O)N[C@@H](CCCCNC(=O)CBr)C(=O)O)C(=O)O)CC1. The third-order valence-corrected chi connectivity index (χ3v) is 13.5. The van der Waals surface area contributed by atoms with E-state index in [1.165, 1.54) is 64.2 Å². The van der Waals surface area contributed by atoms with Crippen molar-refractivity contribution in [2.24, 2.45) is 11.8 Å². The summed E-state index contributed by atoms with van der Waals surface area (Å²) < 4.78 is 21.3. The predicted octanol–water partition coefficient (Wildman–Crippen LogP) is 4.91. The molecule has 0 heterocycles. The number of carbonyl (C=O) groups is 9. The van der Waals surface area contributed by atoms with Crippen molar-refractivity contribution in [3.63, 3.8) is 0 Å². The Labute approximate surface area is 458 Å². The topological polar surface area (TPSA) is 323 Å². The van der Waals surface area contributed by atoms with Crippen molar-refractivity contribution in [1.29, 1.82) is 0 Å². The molecule has 0 radical (unpaired) electrons. The van der Waals surface area contributed by atoms with Gasteiger partial charge in [-0.3, -0.25) is 33.6 Å². The van der Waals surface area contributed by atoms with E-state index in [9.17, 15) is 53.4 Å². The number of hydrogen-bond acceptors (Lipinski definition) is 13. The van der Waals surface area contributed by atoms with Gasteiger partial charge in [0.25, 0.3) is 0 Å². The molecule has 1 aliphatic rings. The molecule has 0 spiro atoms. The summed E-state index contributed by atoms with van der Waals surface area (Å²) in [5.41, 5.74) is 0. The minimum Gasteiger partial charge on any atom is -0.481 e. The van der Waals surface area contributed by atoms with E-state index in [0.717, 1.165) is 51.4 Å². The molecular weight excluding hydrogens is 1060 g/mol. The average Bonchev–Trinajstić information content (AvgIpc) is 3.39. The summed E-state index contributed by atoms with van der Waals surface area (Å²) in [4.78, 5) is 107. The number of hydrogen-bond donors (Lipinski definition) is 9. The molecule has 0 aromatic carbocycles. The molecule has 1 aliphatic carbocycles. The Morgan fingerprint density at radius 3 is 1.38 bits per heavy atom. The van der Waals surface area contributed by atoms with Crippen LogP contribution in [-0.4, -0.2) is 165 Å². The van der Waals surface area contributed by atoms with Crippen LogP contribution in [0.3, 0.4) is 0 Å². The van der Waals surface area contributed by atoms with Crippen LogP contribution in [0.5, 0.6) is 0 Å². The highest BCUT2D eigenvalue weighted by Gasteiger charge is 2.30. The fourth-order valence-electron chi connectivity index (χ4n) is 8.51.